The molecule has 0 aromatic heterocycles. The van der Waals surface area contributed by atoms with Gasteiger partial charge in [-0.05, 0) is 37.5 Å². The van der Waals surface area contributed by atoms with Crippen molar-refractivity contribution in [2.75, 3.05) is 0 Å². The largest absolute Gasteiger partial charge is 0.311 e. The van der Waals surface area contributed by atoms with E-state index in [1.165, 1.54) is 19.3 Å². The van der Waals surface area contributed by atoms with Crippen LogP contribution in [0.3, 0.4) is 0 Å². The Morgan fingerprint density at radius 3 is 1.56 bits per heavy atom. The van der Waals surface area contributed by atoms with Crippen molar-refractivity contribution in [3.05, 3.63) is 0 Å². The van der Waals surface area contributed by atoms with Crippen LogP contribution in [-0.2, 0) is 0 Å². The Morgan fingerprint density at radius 1 is 0.812 bits per heavy atom. The SMILES string of the molecule is CCC(C)C(C)NC(CC(C)C)CC(C)C. The summed E-state index contributed by atoms with van der Waals surface area (Å²) in [5, 5.41) is 3.83. The summed E-state index contributed by atoms with van der Waals surface area (Å²) in [6.45, 7) is 16.3. The van der Waals surface area contributed by atoms with E-state index >= 15 is 0 Å². The van der Waals surface area contributed by atoms with Crippen LogP contribution < -0.4 is 5.32 Å². The fraction of sp³-hybridized carbons (Fsp3) is 1.00. The fourth-order valence-corrected chi connectivity index (χ4v) is 2.26. The van der Waals surface area contributed by atoms with Gasteiger partial charge in [-0.15, -0.1) is 0 Å². The second-order valence-electron chi connectivity index (χ2n) is 6.30. The van der Waals surface area contributed by atoms with Crippen LogP contribution in [0.15, 0.2) is 0 Å². The maximum absolute atomic E-state index is 3.83. The highest BCUT2D eigenvalue weighted by molar-refractivity contribution is 4.76. The van der Waals surface area contributed by atoms with Crippen LogP contribution in [0.25, 0.3) is 0 Å². The highest BCUT2D eigenvalue weighted by atomic mass is 14.9. The minimum Gasteiger partial charge on any atom is -0.311 e. The van der Waals surface area contributed by atoms with E-state index in [1.54, 1.807) is 0 Å². The Balaban J connectivity index is 4.18. The van der Waals surface area contributed by atoms with Crippen LogP contribution in [0.5, 0.6) is 0 Å². The molecule has 0 heterocycles. The minimum absolute atomic E-state index is 0.646. The van der Waals surface area contributed by atoms with Gasteiger partial charge >= 0.3 is 0 Å². The van der Waals surface area contributed by atoms with Gasteiger partial charge in [0, 0.05) is 12.1 Å². The Labute approximate surface area is 103 Å². The summed E-state index contributed by atoms with van der Waals surface area (Å²) < 4.78 is 0. The van der Waals surface area contributed by atoms with Gasteiger partial charge in [0.15, 0.2) is 0 Å². The summed E-state index contributed by atoms with van der Waals surface area (Å²) in [5.74, 6) is 2.36. The van der Waals surface area contributed by atoms with E-state index in [1.807, 2.05) is 0 Å². The van der Waals surface area contributed by atoms with Gasteiger partial charge in [-0.1, -0.05) is 48.0 Å². The first-order valence-electron chi connectivity index (χ1n) is 7.12. The van der Waals surface area contributed by atoms with Crippen molar-refractivity contribution < 1.29 is 0 Å². The first-order chi connectivity index (χ1) is 7.36. The Hall–Kier alpha value is -0.0400. The smallest absolute Gasteiger partial charge is 0.00745 e. The Bertz CT molecular complexity index is 153. The second kappa shape index (κ2) is 8.11. The third kappa shape index (κ3) is 7.27. The van der Waals surface area contributed by atoms with Crippen LogP contribution in [-0.4, -0.2) is 12.1 Å². The molecule has 0 aliphatic carbocycles. The summed E-state index contributed by atoms with van der Waals surface area (Å²) in [5.41, 5.74) is 0. The number of nitrogens with one attached hydrogen (secondary N) is 1. The van der Waals surface area contributed by atoms with Crippen LogP contribution in [0.4, 0.5) is 0 Å². The van der Waals surface area contributed by atoms with Gasteiger partial charge in [-0.25, -0.2) is 0 Å². The summed E-state index contributed by atoms with van der Waals surface area (Å²) in [4.78, 5) is 0. The fourth-order valence-electron chi connectivity index (χ4n) is 2.26. The third-order valence-corrected chi connectivity index (χ3v) is 3.51. The number of hydrogen-bond donors (Lipinski definition) is 1. The molecule has 2 atom stereocenters. The second-order valence-corrected chi connectivity index (χ2v) is 6.30. The molecule has 2 unspecified atom stereocenters. The van der Waals surface area contributed by atoms with Crippen molar-refractivity contribution in [3.63, 3.8) is 0 Å². The van der Waals surface area contributed by atoms with Crippen molar-refractivity contribution in [1.82, 2.24) is 5.32 Å². The van der Waals surface area contributed by atoms with Gasteiger partial charge in [0.05, 0.1) is 0 Å². The molecule has 0 aromatic rings. The molecule has 0 rings (SSSR count). The molecule has 0 saturated carbocycles. The molecule has 0 aliphatic heterocycles. The molecule has 98 valence electrons. The molecule has 0 aliphatic rings. The average molecular weight is 227 g/mol. The standard InChI is InChI=1S/C15H33N/c1-8-13(6)14(7)16-15(9-11(2)3)10-12(4)5/h11-16H,8-10H2,1-7H3. The molecular formula is C15H33N. The zero-order chi connectivity index (χ0) is 12.7. The number of rotatable bonds is 8. The van der Waals surface area contributed by atoms with E-state index in [0.29, 0.717) is 12.1 Å². The lowest BCUT2D eigenvalue weighted by atomic mass is 9.93. The summed E-state index contributed by atoms with van der Waals surface area (Å²) in [6.07, 6.45) is 3.88. The van der Waals surface area contributed by atoms with Crippen LogP contribution in [0, 0.1) is 17.8 Å². The predicted octanol–water partition coefficient (Wildman–Crippen LogP) is 4.47. The molecule has 16 heavy (non-hydrogen) atoms. The molecule has 0 amide bonds. The van der Waals surface area contributed by atoms with Crippen molar-refractivity contribution >= 4 is 0 Å². The van der Waals surface area contributed by atoms with Gasteiger partial charge in [0.2, 0.25) is 0 Å². The van der Waals surface area contributed by atoms with Gasteiger partial charge in [0.1, 0.15) is 0 Å². The van der Waals surface area contributed by atoms with Crippen LogP contribution >= 0.6 is 0 Å². The van der Waals surface area contributed by atoms with E-state index in [0.717, 1.165) is 17.8 Å². The van der Waals surface area contributed by atoms with Crippen molar-refractivity contribution in [1.29, 1.82) is 0 Å². The molecule has 0 spiro atoms. The van der Waals surface area contributed by atoms with Crippen molar-refractivity contribution in [3.8, 4) is 0 Å². The summed E-state index contributed by atoms with van der Waals surface area (Å²) in [7, 11) is 0. The molecule has 0 radical (unpaired) electrons. The zero-order valence-electron chi connectivity index (χ0n) is 12.5. The zero-order valence-corrected chi connectivity index (χ0v) is 12.5. The Kier molecular flexibility index (Phi) is 8.09. The Morgan fingerprint density at radius 2 is 1.25 bits per heavy atom. The highest BCUT2D eigenvalue weighted by Crippen LogP contribution is 2.16. The lowest BCUT2D eigenvalue weighted by Gasteiger charge is -2.29. The van der Waals surface area contributed by atoms with Crippen LogP contribution in [0.1, 0.15) is 67.7 Å². The molecule has 1 N–H and O–H groups in total. The number of hydrogen-bond acceptors (Lipinski definition) is 1. The van der Waals surface area contributed by atoms with Gasteiger partial charge in [-0.3, -0.25) is 0 Å². The van der Waals surface area contributed by atoms with Gasteiger partial charge in [-0.2, -0.15) is 0 Å². The van der Waals surface area contributed by atoms with E-state index in [9.17, 15) is 0 Å². The normalized spacial score (nSPS) is 16.1. The third-order valence-electron chi connectivity index (χ3n) is 3.51. The maximum atomic E-state index is 3.83. The minimum atomic E-state index is 0.646. The van der Waals surface area contributed by atoms with E-state index in [2.05, 4.69) is 53.8 Å². The quantitative estimate of drug-likeness (QED) is 0.645. The van der Waals surface area contributed by atoms with E-state index in [4.69, 9.17) is 0 Å². The topological polar surface area (TPSA) is 12.0 Å². The van der Waals surface area contributed by atoms with Crippen molar-refractivity contribution in [2.24, 2.45) is 17.8 Å². The predicted molar refractivity (Wildman–Crippen MR) is 74.8 cm³/mol. The first kappa shape index (κ1) is 16.0. The van der Waals surface area contributed by atoms with Gasteiger partial charge in [0.25, 0.3) is 0 Å². The molecule has 1 heteroatoms. The lowest BCUT2D eigenvalue weighted by Crippen LogP contribution is -2.41. The van der Waals surface area contributed by atoms with Crippen LogP contribution in [0.2, 0.25) is 0 Å². The molecule has 0 fully saturated rings. The first-order valence-corrected chi connectivity index (χ1v) is 7.12. The average Bonchev–Trinajstić information content (AvgIpc) is 2.14. The molecule has 0 aromatic carbocycles. The van der Waals surface area contributed by atoms with Crippen molar-refractivity contribution in [2.45, 2.75) is 79.8 Å². The monoisotopic (exact) mass is 227 g/mol. The lowest BCUT2D eigenvalue weighted by molar-refractivity contribution is 0.290. The molecule has 0 bridgehead atoms. The molecule has 0 saturated heterocycles. The highest BCUT2D eigenvalue weighted by Gasteiger charge is 2.17. The maximum Gasteiger partial charge on any atom is 0.00745 e. The van der Waals surface area contributed by atoms with E-state index in [-0.39, 0.29) is 0 Å². The van der Waals surface area contributed by atoms with Gasteiger partial charge < -0.3 is 5.32 Å². The molecule has 1 nitrogen and oxygen atoms in total. The summed E-state index contributed by atoms with van der Waals surface area (Å²) >= 11 is 0. The molecular weight excluding hydrogens is 194 g/mol. The van der Waals surface area contributed by atoms with E-state index < -0.39 is 0 Å². The summed E-state index contributed by atoms with van der Waals surface area (Å²) in [6, 6.07) is 1.34.